The summed E-state index contributed by atoms with van der Waals surface area (Å²) in [6.45, 7) is 7.06. The Balaban J connectivity index is 2.11. The molecule has 0 bridgehead atoms. The number of nitrogens with zero attached hydrogens (tertiary/aromatic N) is 2. The molecule has 1 saturated heterocycles. The zero-order valence-electron chi connectivity index (χ0n) is 10.8. The van der Waals surface area contributed by atoms with Crippen LogP contribution in [-0.2, 0) is 11.2 Å². The zero-order valence-corrected chi connectivity index (χ0v) is 10.8. The maximum absolute atomic E-state index is 11.0. The van der Waals surface area contributed by atoms with E-state index < -0.39 is 0 Å². The molecule has 0 radical (unpaired) electrons. The van der Waals surface area contributed by atoms with Gasteiger partial charge in [-0.2, -0.15) is 0 Å². The number of ketones is 1. The summed E-state index contributed by atoms with van der Waals surface area (Å²) in [7, 11) is 0. The molecule has 1 aromatic rings. The van der Waals surface area contributed by atoms with Crippen molar-refractivity contribution in [3.8, 4) is 0 Å². The molecule has 2 rings (SSSR count). The van der Waals surface area contributed by atoms with Crippen molar-refractivity contribution in [3.05, 3.63) is 17.8 Å². The lowest BCUT2D eigenvalue weighted by atomic mass is 10.2. The summed E-state index contributed by atoms with van der Waals surface area (Å²) in [5.41, 5.74) is 0. The van der Waals surface area contributed by atoms with Crippen molar-refractivity contribution in [2.75, 3.05) is 6.54 Å². The maximum Gasteiger partial charge on any atom is 0.211 e. The molecule has 1 unspecified atom stereocenters. The summed E-state index contributed by atoms with van der Waals surface area (Å²) < 4.78 is 5.69. The van der Waals surface area contributed by atoms with Crippen LogP contribution in [0.1, 0.15) is 51.3 Å². The molecule has 17 heavy (non-hydrogen) atoms. The molecular weight excluding hydrogens is 216 g/mol. The number of hydrogen-bond acceptors (Lipinski definition) is 4. The minimum absolute atomic E-state index is 0.111. The molecule has 0 aromatic carbocycles. The minimum Gasteiger partial charge on any atom is -0.444 e. The second-order valence-corrected chi connectivity index (χ2v) is 5.03. The molecule has 1 aromatic heterocycles. The van der Waals surface area contributed by atoms with E-state index in [2.05, 4.69) is 23.7 Å². The number of rotatable bonds is 4. The van der Waals surface area contributed by atoms with Gasteiger partial charge in [-0.3, -0.25) is 9.69 Å². The molecule has 0 N–H and O–H groups in total. The third kappa shape index (κ3) is 2.75. The van der Waals surface area contributed by atoms with E-state index in [9.17, 15) is 4.79 Å². The fourth-order valence-corrected chi connectivity index (χ4v) is 2.48. The minimum atomic E-state index is 0.111. The summed E-state index contributed by atoms with van der Waals surface area (Å²) in [5.74, 6) is 1.57. The molecular formula is C13H20N2O2. The van der Waals surface area contributed by atoms with E-state index in [1.807, 2.05) is 0 Å². The summed E-state index contributed by atoms with van der Waals surface area (Å²) in [5, 5.41) is 0. The lowest BCUT2D eigenvalue weighted by Gasteiger charge is -2.25. The third-order valence-electron chi connectivity index (χ3n) is 3.24. The van der Waals surface area contributed by atoms with Crippen LogP contribution in [0.25, 0.3) is 0 Å². The second-order valence-electron chi connectivity index (χ2n) is 5.03. The van der Waals surface area contributed by atoms with Gasteiger partial charge in [0, 0.05) is 6.04 Å². The van der Waals surface area contributed by atoms with Crippen LogP contribution in [0.15, 0.2) is 10.6 Å². The first kappa shape index (κ1) is 12.3. The van der Waals surface area contributed by atoms with E-state index in [1.165, 1.54) is 6.42 Å². The number of carbonyl (C=O) groups excluding carboxylic acids is 1. The van der Waals surface area contributed by atoms with Crippen LogP contribution >= 0.6 is 0 Å². The van der Waals surface area contributed by atoms with Crippen molar-refractivity contribution in [2.24, 2.45) is 0 Å². The van der Waals surface area contributed by atoms with Gasteiger partial charge in [-0.25, -0.2) is 4.98 Å². The van der Waals surface area contributed by atoms with Gasteiger partial charge in [-0.15, -0.1) is 0 Å². The van der Waals surface area contributed by atoms with Gasteiger partial charge in [-0.05, 0) is 40.2 Å². The second kappa shape index (κ2) is 5.00. The van der Waals surface area contributed by atoms with Gasteiger partial charge in [0.1, 0.15) is 11.5 Å². The monoisotopic (exact) mass is 236 g/mol. The Kier molecular flexibility index (Phi) is 3.62. The van der Waals surface area contributed by atoms with Crippen LogP contribution in [-0.4, -0.2) is 28.3 Å². The first-order chi connectivity index (χ1) is 8.08. The van der Waals surface area contributed by atoms with Crippen molar-refractivity contribution in [2.45, 2.75) is 52.1 Å². The van der Waals surface area contributed by atoms with Gasteiger partial charge in [0.05, 0.1) is 18.7 Å². The van der Waals surface area contributed by atoms with Crippen LogP contribution in [0.4, 0.5) is 0 Å². The molecule has 0 saturated carbocycles. The van der Waals surface area contributed by atoms with Crippen molar-refractivity contribution >= 4 is 5.78 Å². The molecule has 1 fully saturated rings. The fraction of sp³-hybridized carbons (Fsp3) is 0.692. The largest absolute Gasteiger partial charge is 0.444 e. The average Bonchev–Trinajstić information content (AvgIpc) is 2.82. The maximum atomic E-state index is 11.0. The van der Waals surface area contributed by atoms with Crippen molar-refractivity contribution in [1.29, 1.82) is 0 Å². The molecule has 0 amide bonds. The van der Waals surface area contributed by atoms with E-state index >= 15 is 0 Å². The highest BCUT2D eigenvalue weighted by molar-refractivity contribution is 5.77. The molecule has 1 aliphatic heterocycles. The number of likely N-dealkylation sites (tertiary alicyclic amines) is 1. The lowest BCUT2D eigenvalue weighted by molar-refractivity contribution is -0.116. The van der Waals surface area contributed by atoms with E-state index in [4.69, 9.17) is 4.42 Å². The van der Waals surface area contributed by atoms with Crippen LogP contribution in [0, 0.1) is 0 Å². The van der Waals surface area contributed by atoms with Gasteiger partial charge in [0.15, 0.2) is 0 Å². The smallest absolute Gasteiger partial charge is 0.211 e. The van der Waals surface area contributed by atoms with Gasteiger partial charge >= 0.3 is 0 Å². The standard InChI is InChI=1S/C13H20N2O2/c1-9(2)15-6-4-5-12(15)13-14-8-11(17-13)7-10(3)16/h8-9,12H,4-7H2,1-3H3. The Morgan fingerprint density at radius 1 is 1.65 bits per heavy atom. The first-order valence-corrected chi connectivity index (χ1v) is 6.27. The summed E-state index contributed by atoms with van der Waals surface area (Å²) in [6.07, 6.45) is 4.32. The molecule has 0 spiro atoms. The number of oxazole rings is 1. The van der Waals surface area contributed by atoms with Crippen LogP contribution in [0.5, 0.6) is 0 Å². The summed E-state index contributed by atoms with van der Waals surface area (Å²) >= 11 is 0. The van der Waals surface area contributed by atoms with Gasteiger partial charge < -0.3 is 4.42 Å². The van der Waals surface area contributed by atoms with Crippen molar-refractivity contribution < 1.29 is 9.21 Å². The quantitative estimate of drug-likeness (QED) is 0.805. The molecule has 94 valence electrons. The van der Waals surface area contributed by atoms with Crippen molar-refractivity contribution in [3.63, 3.8) is 0 Å². The normalized spacial score (nSPS) is 21.3. The molecule has 0 aliphatic carbocycles. The van der Waals surface area contributed by atoms with E-state index in [1.54, 1.807) is 13.1 Å². The van der Waals surface area contributed by atoms with E-state index in [0.29, 0.717) is 18.2 Å². The number of aromatic nitrogens is 1. The Hall–Kier alpha value is -1.16. The lowest BCUT2D eigenvalue weighted by Crippen LogP contribution is -2.30. The molecule has 1 atom stereocenters. The topological polar surface area (TPSA) is 46.3 Å². The predicted molar refractivity (Wildman–Crippen MR) is 64.7 cm³/mol. The van der Waals surface area contributed by atoms with Crippen LogP contribution < -0.4 is 0 Å². The number of hydrogen-bond donors (Lipinski definition) is 0. The number of Topliss-reactive ketones (excluding diaryl/α,β-unsaturated/α-hetero) is 1. The average molecular weight is 236 g/mol. The van der Waals surface area contributed by atoms with Crippen molar-refractivity contribution in [1.82, 2.24) is 9.88 Å². The van der Waals surface area contributed by atoms with Gasteiger partial charge in [0.25, 0.3) is 0 Å². The highest BCUT2D eigenvalue weighted by atomic mass is 16.4. The Bertz CT molecular complexity index is 398. The molecule has 4 heteroatoms. The van der Waals surface area contributed by atoms with Crippen LogP contribution in [0.2, 0.25) is 0 Å². The SMILES string of the molecule is CC(=O)Cc1cnc(C2CCCN2C(C)C)o1. The molecule has 4 nitrogen and oxygen atoms in total. The predicted octanol–water partition coefficient (Wildman–Crippen LogP) is 2.35. The fourth-order valence-electron chi connectivity index (χ4n) is 2.48. The molecule has 2 heterocycles. The third-order valence-corrected chi connectivity index (χ3v) is 3.24. The highest BCUT2D eigenvalue weighted by Gasteiger charge is 2.31. The van der Waals surface area contributed by atoms with Gasteiger partial charge in [-0.1, -0.05) is 0 Å². The van der Waals surface area contributed by atoms with Gasteiger partial charge in [0.2, 0.25) is 5.89 Å². The molecule has 1 aliphatic rings. The van der Waals surface area contributed by atoms with E-state index in [0.717, 1.165) is 18.9 Å². The Labute approximate surface area is 102 Å². The van der Waals surface area contributed by atoms with Crippen LogP contribution in [0.3, 0.4) is 0 Å². The summed E-state index contributed by atoms with van der Waals surface area (Å²) in [6, 6.07) is 0.793. The Morgan fingerprint density at radius 3 is 3.06 bits per heavy atom. The number of carbonyl (C=O) groups is 1. The highest BCUT2D eigenvalue weighted by Crippen LogP contribution is 2.33. The zero-order chi connectivity index (χ0) is 12.4. The van der Waals surface area contributed by atoms with E-state index in [-0.39, 0.29) is 11.8 Å². The summed E-state index contributed by atoms with van der Waals surface area (Å²) in [4.78, 5) is 17.7. The first-order valence-electron chi connectivity index (χ1n) is 6.27. The Morgan fingerprint density at radius 2 is 2.41 bits per heavy atom.